The van der Waals surface area contributed by atoms with E-state index in [2.05, 4.69) is 22.4 Å². The average Bonchev–Trinajstić information content (AvgIpc) is 2.58. The number of nitrogens with zero attached hydrogens (tertiary/aromatic N) is 1. The van der Waals surface area contributed by atoms with Crippen LogP contribution in [0.4, 0.5) is 5.69 Å². The minimum atomic E-state index is 0.102. The molecular weight excluding hydrogens is 298 g/mol. The van der Waals surface area contributed by atoms with E-state index in [1.165, 1.54) is 5.56 Å². The Morgan fingerprint density at radius 3 is 2.50 bits per heavy atom. The molecule has 4 nitrogen and oxygen atoms in total. The molecule has 0 unspecified atom stereocenters. The van der Waals surface area contributed by atoms with Crippen molar-refractivity contribution in [1.82, 2.24) is 10.3 Å². The van der Waals surface area contributed by atoms with Crippen LogP contribution in [0.5, 0.6) is 0 Å². The van der Waals surface area contributed by atoms with Gasteiger partial charge in [0.1, 0.15) is 0 Å². The first-order valence-corrected chi connectivity index (χ1v) is 8.14. The number of fused-ring (bicyclic) bond motifs is 1. The van der Waals surface area contributed by atoms with Gasteiger partial charge in [0.05, 0.1) is 0 Å². The number of pyridine rings is 1. The molecule has 0 aliphatic heterocycles. The summed E-state index contributed by atoms with van der Waals surface area (Å²) >= 11 is 0. The smallest absolute Gasteiger partial charge is 0.194 e. The molecule has 0 bridgehead atoms. The van der Waals surface area contributed by atoms with E-state index >= 15 is 0 Å². The topological polar surface area (TPSA) is 48.1 Å². The van der Waals surface area contributed by atoms with Crippen LogP contribution >= 0.6 is 0 Å². The van der Waals surface area contributed by atoms with E-state index in [0.717, 1.165) is 34.4 Å². The standard InChI is InChI=1S/C20H23N3O/c1-14-18(13-21-12-15-7-5-4-6-8-15)20(24)17-11-16(23(2)3)9-10-19(17)22-14/h4-11,21H,12-13H2,1-3H3,(H,22,24). The van der Waals surface area contributed by atoms with Gasteiger partial charge in [-0.25, -0.2) is 0 Å². The van der Waals surface area contributed by atoms with Gasteiger partial charge in [-0.3, -0.25) is 4.79 Å². The van der Waals surface area contributed by atoms with E-state index < -0.39 is 0 Å². The number of aromatic amines is 1. The predicted octanol–water partition coefficient (Wildman–Crippen LogP) is 3.19. The van der Waals surface area contributed by atoms with Crippen LogP contribution in [0.25, 0.3) is 10.9 Å². The Hall–Kier alpha value is -2.59. The summed E-state index contributed by atoms with van der Waals surface area (Å²) in [5.41, 5.74) is 4.95. The molecule has 1 aromatic heterocycles. The highest BCUT2D eigenvalue weighted by atomic mass is 16.1. The van der Waals surface area contributed by atoms with Crippen LogP contribution in [-0.4, -0.2) is 19.1 Å². The Morgan fingerprint density at radius 1 is 1.04 bits per heavy atom. The van der Waals surface area contributed by atoms with Crippen molar-refractivity contribution >= 4 is 16.6 Å². The van der Waals surface area contributed by atoms with E-state index in [9.17, 15) is 4.79 Å². The van der Waals surface area contributed by atoms with Crippen molar-refractivity contribution in [2.45, 2.75) is 20.0 Å². The molecule has 0 saturated heterocycles. The number of rotatable bonds is 5. The Balaban J connectivity index is 1.88. The summed E-state index contributed by atoms with van der Waals surface area (Å²) in [5, 5.41) is 4.11. The second-order valence-corrected chi connectivity index (χ2v) is 6.27. The first-order chi connectivity index (χ1) is 11.6. The summed E-state index contributed by atoms with van der Waals surface area (Å²) in [7, 11) is 3.96. The van der Waals surface area contributed by atoms with Gasteiger partial charge in [0, 0.05) is 55.0 Å². The molecule has 2 aromatic carbocycles. The first-order valence-electron chi connectivity index (χ1n) is 8.14. The van der Waals surface area contributed by atoms with Gasteiger partial charge in [-0.1, -0.05) is 30.3 Å². The van der Waals surface area contributed by atoms with Gasteiger partial charge in [-0.15, -0.1) is 0 Å². The molecule has 2 N–H and O–H groups in total. The second kappa shape index (κ2) is 6.89. The number of benzene rings is 2. The lowest BCUT2D eigenvalue weighted by atomic mass is 10.1. The van der Waals surface area contributed by atoms with Crippen LogP contribution in [-0.2, 0) is 13.1 Å². The van der Waals surface area contributed by atoms with Gasteiger partial charge < -0.3 is 15.2 Å². The molecule has 4 heteroatoms. The molecule has 0 saturated carbocycles. The molecule has 3 rings (SSSR count). The number of aromatic nitrogens is 1. The van der Waals surface area contributed by atoms with Crippen LogP contribution < -0.4 is 15.6 Å². The quantitative estimate of drug-likeness (QED) is 0.759. The predicted molar refractivity (Wildman–Crippen MR) is 101 cm³/mol. The maximum atomic E-state index is 12.9. The van der Waals surface area contributed by atoms with E-state index in [1.807, 2.05) is 62.3 Å². The van der Waals surface area contributed by atoms with Crippen LogP contribution in [0.15, 0.2) is 53.3 Å². The molecule has 0 atom stereocenters. The molecule has 0 amide bonds. The zero-order chi connectivity index (χ0) is 17.1. The zero-order valence-corrected chi connectivity index (χ0v) is 14.4. The van der Waals surface area contributed by atoms with E-state index in [1.54, 1.807) is 0 Å². The normalized spacial score (nSPS) is 11.0. The summed E-state index contributed by atoms with van der Waals surface area (Å²) < 4.78 is 0. The molecule has 0 aliphatic rings. The minimum absolute atomic E-state index is 0.102. The summed E-state index contributed by atoms with van der Waals surface area (Å²) in [6, 6.07) is 16.1. The molecule has 1 heterocycles. The SMILES string of the molecule is Cc1[nH]c2ccc(N(C)C)cc2c(=O)c1CNCc1ccccc1. The summed E-state index contributed by atoms with van der Waals surface area (Å²) in [4.78, 5) is 18.2. The van der Waals surface area contributed by atoms with Crippen molar-refractivity contribution in [3.63, 3.8) is 0 Å². The third-order valence-corrected chi connectivity index (χ3v) is 4.29. The Kier molecular flexibility index (Phi) is 4.67. The molecule has 0 spiro atoms. The van der Waals surface area contributed by atoms with E-state index in [-0.39, 0.29) is 5.43 Å². The Labute approximate surface area is 142 Å². The molecule has 0 radical (unpaired) electrons. The largest absolute Gasteiger partial charge is 0.378 e. The van der Waals surface area contributed by atoms with Gasteiger partial charge in [-0.2, -0.15) is 0 Å². The molecule has 124 valence electrons. The summed E-state index contributed by atoms with van der Waals surface area (Å²) in [6.45, 7) is 3.26. The molecular formula is C20H23N3O. The Morgan fingerprint density at radius 2 is 1.79 bits per heavy atom. The zero-order valence-electron chi connectivity index (χ0n) is 14.4. The lowest BCUT2D eigenvalue weighted by Gasteiger charge is -2.14. The fourth-order valence-corrected chi connectivity index (χ4v) is 2.86. The third-order valence-electron chi connectivity index (χ3n) is 4.29. The lowest BCUT2D eigenvalue weighted by Crippen LogP contribution is -2.22. The van der Waals surface area contributed by atoms with Gasteiger partial charge in [0.15, 0.2) is 5.43 Å². The summed E-state index contributed by atoms with van der Waals surface area (Å²) in [6.07, 6.45) is 0. The molecule has 24 heavy (non-hydrogen) atoms. The minimum Gasteiger partial charge on any atom is -0.378 e. The average molecular weight is 321 g/mol. The van der Waals surface area contributed by atoms with Crippen molar-refractivity contribution in [3.8, 4) is 0 Å². The van der Waals surface area contributed by atoms with E-state index in [0.29, 0.717) is 6.54 Å². The number of hydrogen-bond acceptors (Lipinski definition) is 3. The van der Waals surface area contributed by atoms with Crippen LogP contribution in [0, 0.1) is 6.92 Å². The van der Waals surface area contributed by atoms with Crippen molar-refractivity contribution in [1.29, 1.82) is 0 Å². The molecule has 3 aromatic rings. The fraction of sp³-hybridized carbons (Fsp3) is 0.250. The lowest BCUT2D eigenvalue weighted by molar-refractivity contribution is 0.686. The monoisotopic (exact) mass is 321 g/mol. The van der Waals surface area contributed by atoms with Crippen LogP contribution in [0.3, 0.4) is 0 Å². The van der Waals surface area contributed by atoms with Gasteiger partial charge in [-0.05, 0) is 30.7 Å². The third kappa shape index (κ3) is 3.34. The van der Waals surface area contributed by atoms with Crippen molar-refractivity contribution in [2.24, 2.45) is 0 Å². The number of anilines is 1. The van der Waals surface area contributed by atoms with Gasteiger partial charge in [0.25, 0.3) is 0 Å². The fourth-order valence-electron chi connectivity index (χ4n) is 2.86. The number of hydrogen-bond donors (Lipinski definition) is 2. The summed E-state index contributed by atoms with van der Waals surface area (Å²) in [5.74, 6) is 0. The number of nitrogens with one attached hydrogen (secondary N) is 2. The van der Waals surface area contributed by atoms with Crippen molar-refractivity contribution in [3.05, 3.63) is 75.6 Å². The van der Waals surface area contributed by atoms with Crippen LogP contribution in [0.1, 0.15) is 16.8 Å². The molecule has 0 aliphatic carbocycles. The maximum Gasteiger partial charge on any atom is 0.194 e. The highest BCUT2D eigenvalue weighted by Gasteiger charge is 2.10. The van der Waals surface area contributed by atoms with Gasteiger partial charge in [0.2, 0.25) is 0 Å². The number of aryl methyl sites for hydroxylation is 1. The Bertz CT molecular complexity index is 898. The van der Waals surface area contributed by atoms with Crippen molar-refractivity contribution < 1.29 is 0 Å². The van der Waals surface area contributed by atoms with Gasteiger partial charge >= 0.3 is 0 Å². The second-order valence-electron chi connectivity index (χ2n) is 6.27. The number of H-pyrrole nitrogens is 1. The molecule has 0 fully saturated rings. The van der Waals surface area contributed by atoms with Crippen LogP contribution in [0.2, 0.25) is 0 Å². The maximum absolute atomic E-state index is 12.9. The highest BCUT2D eigenvalue weighted by molar-refractivity contribution is 5.83. The van der Waals surface area contributed by atoms with Crippen molar-refractivity contribution in [2.75, 3.05) is 19.0 Å². The van der Waals surface area contributed by atoms with E-state index in [4.69, 9.17) is 0 Å². The highest BCUT2D eigenvalue weighted by Crippen LogP contribution is 2.18. The first kappa shape index (κ1) is 16.3.